The first-order valence-electron chi connectivity index (χ1n) is 6.78. The molecule has 0 saturated carbocycles. The molecule has 0 heterocycles. The van der Waals surface area contributed by atoms with E-state index in [0.717, 1.165) is 16.9 Å². The van der Waals surface area contributed by atoms with Gasteiger partial charge in [0.15, 0.2) is 0 Å². The minimum absolute atomic E-state index is 0.124. The molecule has 20 heavy (non-hydrogen) atoms. The van der Waals surface area contributed by atoms with E-state index in [1.807, 2.05) is 68.4 Å². The summed E-state index contributed by atoms with van der Waals surface area (Å²) in [5, 5.41) is 0. The van der Waals surface area contributed by atoms with Gasteiger partial charge in [0.1, 0.15) is 5.75 Å². The van der Waals surface area contributed by atoms with Crippen LogP contribution in [0.15, 0.2) is 54.6 Å². The fourth-order valence-corrected chi connectivity index (χ4v) is 3.23. The van der Waals surface area contributed by atoms with Crippen LogP contribution >= 0.6 is 0 Å². The molecule has 2 aromatic carbocycles. The average molecular weight is 288 g/mol. The lowest BCUT2D eigenvalue weighted by atomic mass is 10.2. The lowest BCUT2D eigenvalue weighted by Crippen LogP contribution is -2.08. The molecule has 0 fully saturated rings. The van der Waals surface area contributed by atoms with Gasteiger partial charge in [-0.1, -0.05) is 48.5 Å². The first-order valence-corrected chi connectivity index (χ1v) is 8.27. The van der Waals surface area contributed by atoms with Gasteiger partial charge < -0.3 is 4.74 Å². The van der Waals surface area contributed by atoms with Crippen molar-refractivity contribution in [2.45, 2.75) is 31.5 Å². The van der Waals surface area contributed by atoms with Gasteiger partial charge in [-0.2, -0.15) is 0 Å². The summed E-state index contributed by atoms with van der Waals surface area (Å²) in [6, 6.07) is 17.8. The van der Waals surface area contributed by atoms with Crippen molar-refractivity contribution >= 4 is 10.8 Å². The fourth-order valence-electron chi connectivity index (χ4n) is 1.98. The number of hydrogen-bond donors (Lipinski definition) is 0. The van der Waals surface area contributed by atoms with Crippen LogP contribution in [-0.2, 0) is 22.3 Å². The van der Waals surface area contributed by atoms with Crippen LogP contribution < -0.4 is 4.74 Å². The Morgan fingerprint density at radius 3 is 2.30 bits per heavy atom. The molecule has 0 aliphatic rings. The average Bonchev–Trinajstić information content (AvgIpc) is 2.41. The Morgan fingerprint density at radius 2 is 1.60 bits per heavy atom. The largest absolute Gasteiger partial charge is 0.491 e. The molecule has 2 aromatic rings. The van der Waals surface area contributed by atoms with Crippen LogP contribution in [0.5, 0.6) is 5.75 Å². The van der Waals surface area contributed by atoms with E-state index in [2.05, 4.69) is 0 Å². The van der Waals surface area contributed by atoms with E-state index in [4.69, 9.17) is 4.74 Å². The van der Waals surface area contributed by atoms with E-state index < -0.39 is 10.8 Å². The van der Waals surface area contributed by atoms with Gasteiger partial charge in [0.25, 0.3) is 0 Å². The summed E-state index contributed by atoms with van der Waals surface area (Å²) in [6.07, 6.45) is 0.124. The molecule has 0 unspecified atom stereocenters. The lowest BCUT2D eigenvalue weighted by Gasteiger charge is -2.14. The Hall–Kier alpha value is -1.61. The zero-order valence-corrected chi connectivity index (χ0v) is 12.7. The van der Waals surface area contributed by atoms with Crippen molar-refractivity contribution in [3.05, 3.63) is 65.7 Å². The van der Waals surface area contributed by atoms with Gasteiger partial charge in [0.2, 0.25) is 0 Å². The Kier molecular flexibility index (Phi) is 5.36. The van der Waals surface area contributed by atoms with E-state index >= 15 is 0 Å². The highest BCUT2D eigenvalue weighted by Crippen LogP contribution is 2.21. The SMILES string of the molecule is CC(C)Oc1ccccc1C[S@@](=O)Cc1ccccc1. The third-order valence-electron chi connectivity index (χ3n) is 2.82. The maximum Gasteiger partial charge on any atom is 0.123 e. The number of benzene rings is 2. The second-order valence-corrected chi connectivity index (χ2v) is 6.45. The highest BCUT2D eigenvalue weighted by Gasteiger charge is 2.09. The first kappa shape index (κ1) is 14.8. The summed E-state index contributed by atoms with van der Waals surface area (Å²) >= 11 is 0. The summed E-state index contributed by atoms with van der Waals surface area (Å²) in [6.45, 7) is 4.00. The molecule has 0 saturated heterocycles. The summed E-state index contributed by atoms with van der Waals surface area (Å²) in [5.74, 6) is 1.94. The molecule has 0 spiro atoms. The summed E-state index contributed by atoms with van der Waals surface area (Å²) in [5.41, 5.74) is 2.11. The quantitative estimate of drug-likeness (QED) is 0.805. The summed E-state index contributed by atoms with van der Waals surface area (Å²) < 4.78 is 18.0. The Balaban J connectivity index is 2.04. The Labute approximate surface area is 123 Å². The number of ether oxygens (including phenoxy) is 1. The molecule has 106 valence electrons. The normalized spacial score (nSPS) is 12.3. The molecule has 2 rings (SSSR count). The van der Waals surface area contributed by atoms with Crippen LogP contribution in [0.3, 0.4) is 0 Å². The second-order valence-electron chi connectivity index (χ2n) is 4.99. The van der Waals surface area contributed by atoms with Crippen molar-refractivity contribution in [2.75, 3.05) is 0 Å². The summed E-state index contributed by atoms with van der Waals surface area (Å²) in [7, 11) is -0.927. The molecule has 2 nitrogen and oxygen atoms in total. The third kappa shape index (κ3) is 4.49. The van der Waals surface area contributed by atoms with Crippen molar-refractivity contribution in [3.8, 4) is 5.75 Å². The zero-order valence-electron chi connectivity index (χ0n) is 11.9. The van der Waals surface area contributed by atoms with Gasteiger partial charge in [0, 0.05) is 22.1 Å². The monoisotopic (exact) mass is 288 g/mol. The maximum atomic E-state index is 12.3. The molecule has 0 radical (unpaired) electrons. The van der Waals surface area contributed by atoms with Crippen LogP contribution in [0.2, 0.25) is 0 Å². The first-order chi connectivity index (χ1) is 9.65. The predicted molar refractivity (Wildman–Crippen MR) is 84.2 cm³/mol. The van der Waals surface area contributed by atoms with Gasteiger partial charge in [0.05, 0.1) is 11.9 Å². The molecule has 0 amide bonds. The van der Waals surface area contributed by atoms with E-state index in [1.165, 1.54) is 0 Å². The highest BCUT2D eigenvalue weighted by molar-refractivity contribution is 7.83. The van der Waals surface area contributed by atoms with Gasteiger partial charge in [-0.3, -0.25) is 4.21 Å². The number of hydrogen-bond acceptors (Lipinski definition) is 2. The smallest absolute Gasteiger partial charge is 0.123 e. The van der Waals surface area contributed by atoms with Crippen LogP contribution in [0.25, 0.3) is 0 Å². The molecule has 3 heteroatoms. The Bertz CT molecular complexity index is 564. The van der Waals surface area contributed by atoms with E-state index in [1.54, 1.807) is 0 Å². The van der Waals surface area contributed by atoms with Crippen LogP contribution in [-0.4, -0.2) is 10.3 Å². The zero-order chi connectivity index (χ0) is 14.4. The minimum atomic E-state index is -0.927. The molecular formula is C17H20O2S. The fraction of sp³-hybridized carbons (Fsp3) is 0.294. The van der Waals surface area contributed by atoms with Crippen molar-refractivity contribution in [2.24, 2.45) is 0 Å². The molecule has 0 aliphatic heterocycles. The van der Waals surface area contributed by atoms with Crippen LogP contribution in [0.4, 0.5) is 0 Å². The number of para-hydroxylation sites is 1. The summed E-state index contributed by atoms with van der Waals surface area (Å²) in [4.78, 5) is 0. The van der Waals surface area contributed by atoms with Gasteiger partial charge >= 0.3 is 0 Å². The predicted octanol–water partition coefficient (Wildman–Crippen LogP) is 3.92. The highest BCUT2D eigenvalue weighted by atomic mass is 32.2. The van der Waals surface area contributed by atoms with Crippen LogP contribution in [0, 0.1) is 0 Å². The van der Waals surface area contributed by atoms with Crippen molar-refractivity contribution in [1.29, 1.82) is 0 Å². The van der Waals surface area contributed by atoms with Gasteiger partial charge in [-0.25, -0.2) is 0 Å². The molecular weight excluding hydrogens is 268 g/mol. The van der Waals surface area contributed by atoms with E-state index in [-0.39, 0.29) is 6.10 Å². The molecule has 1 atom stereocenters. The molecule has 0 N–H and O–H groups in total. The lowest BCUT2D eigenvalue weighted by molar-refractivity contribution is 0.240. The molecule has 0 aliphatic carbocycles. The van der Waals surface area contributed by atoms with Crippen molar-refractivity contribution in [1.82, 2.24) is 0 Å². The van der Waals surface area contributed by atoms with E-state index in [0.29, 0.717) is 11.5 Å². The molecule has 0 bridgehead atoms. The van der Waals surface area contributed by atoms with Gasteiger partial charge in [-0.05, 0) is 25.5 Å². The van der Waals surface area contributed by atoms with Crippen molar-refractivity contribution in [3.63, 3.8) is 0 Å². The van der Waals surface area contributed by atoms with Crippen molar-refractivity contribution < 1.29 is 8.95 Å². The van der Waals surface area contributed by atoms with Gasteiger partial charge in [-0.15, -0.1) is 0 Å². The number of rotatable bonds is 6. The topological polar surface area (TPSA) is 26.3 Å². The molecule has 0 aromatic heterocycles. The third-order valence-corrected chi connectivity index (χ3v) is 4.11. The maximum absolute atomic E-state index is 12.3. The Morgan fingerprint density at radius 1 is 0.950 bits per heavy atom. The minimum Gasteiger partial charge on any atom is -0.491 e. The van der Waals surface area contributed by atoms with E-state index in [9.17, 15) is 4.21 Å². The second kappa shape index (κ2) is 7.25. The standard InChI is InChI=1S/C17H20O2S/c1-14(2)19-17-11-7-6-10-16(17)13-20(18)12-15-8-4-3-5-9-15/h3-11,14H,12-13H2,1-2H3/t20-/m0/s1. The van der Waals surface area contributed by atoms with Crippen LogP contribution in [0.1, 0.15) is 25.0 Å².